The van der Waals surface area contributed by atoms with E-state index in [1.54, 1.807) is 11.0 Å². The molecule has 0 aromatic heterocycles. The van der Waals surface area contributed by atoms with E-state index in [-0.39, 0.29) is 36.4 Å². The van der Waals surface area contributed by atoms with Gasteiger partial charge in [-0.25, -0.2) is 0 Å². The summed E-state index contributed by atoms with van der Waals surface area (Å²) in [5.41, 5.74) is 2.23. The van der Waals surface area contributed by atoms with Crippen molar-refractivity contribution in [3.63, 3.8) is 0 Å². The molecule has 0 saturated carbocycles. The average molecular weight is 357 g/mol. The summed E-state index contributed by atoms with van der Waals surface area (Å²) in [5.74, 6) is -0.119. The van der Waals surface area contributed by atoms with Gasteiger partial charge in [0.1, 0.15) is 6.61 Å². The molecule has 1 aromatic carbocycles. The molecule has 0 radical (unpaired) electrons. The van der Waals surface area contributed by atoms with Crippen LogP contribution >= 0.6 is 0 Å². The minimum atomic E-state index is -0.0459. The molecule has 2 bridgehead atoms. The van der Waals surface area contributed by atoms with Crippen LogP contribution in [0.4, 0.5) is 5.69 Å². The molecule has 1 aromatic rings. The zero-order chi connectivity index (χ0) is 18.3. The highest BCUT2D eigenvalue weighted by molar-refractivity contribution is 6.06. The number of nitrogens with zero attached hydrogens (tertiary/aromatic N) is 2. The molecule has 3 aliphatic heterocycles. The summed E-state index contributed by atoms with van der Waals surface area (Å²) in [7, 11) is 1.51. The number of nitrogens with one attached hydrogen (secondary N) is 1. The quantitative estimate of drug-likeness (QED) is 0.876. The SMILES string of the molecule is COCC(=O)N1C[C@H]2CC[C@@H](C1)N2C(=O)c1cccc2c1NC(=O)CC2. The lowest BCUT2D eigenvalue weighted by Gasteiger charge is -2.41. The number of ether oxygens (including phenoxy) is 1. The van der Waals surface area contributed by atoms with Gasteiger partial charge in [0, 0.05) is 26.6 Å². The Morgan fingerprint density at radius 1 is 1.19 bits per heavy atom. The third-order valence-corrected chi connectivity index (χ3v) is 5.60. The third kappa shape index (κ3) is 2.86. The van der Waals surface area contributed by atoms with Crippen LogP contribution in [0.25, 0.3) is 0 Å². The van der Waals surface area contributed by atoms with E-state index in [1.165, 1.54) is 7.11 Å². The van der Waals surface area contributed by atoms with Crippen molar-refractivity contribution in [3.05, 3.63) is 29.3 Å². The van der Waals surface area contributed by atoms with Gasteiger partial charge in [0.05, 0.1) is 23.3 Å². The van der Waals surface area contributed by atoms with Gasteiger partial charge in [0.2, 0.25) is 11.8 Å². The van der Waals surface area contributed by atoms with Crippen LogP contribution in [-0.2, 0) is 20.7 Å². The zero-order valence-electron chi connectivity index (χ0n) is 14.9. The molecule has 0 spiro atoms. The molecule has 7 heteroatoms. The number of rotatable bonds is 3. The molecule has 3 amide bonds. The minimum absolute atomic E-state index is 0.0252. The Kier molecular flexibility index (Phi) is 4.40. The fraction of sp³-hybridized carbons (Fsp3) is 0.526. The number of para-hydroxylation sites is 1. The fourth-order valence-corrected chi connectivity index (χ4v) is 4.38. The van der Waals surface area contributed by atoms with Crippen LogP contribution in [-0.4, -0.2) is 66.4 Å². The second-order valence-corrected chi connectivity index (χ2v) is 7.22. The predicted octanol–water partition coefficient (Wildman–Crippen LogP) is 1.03. The largest absolute Gasteiger partial charge is 0.375 e. The van der Waals surface area contributed by atoms with Gasteiger partial charge in [-0.05, 0) is 30.9 Å². The number of hydrogen-bond donors (Lipinski definition) is 1. The summed E-state index contributed by atoms with van der Waals surface area (Å²) in [4.78, 5) is 41.0. The van der Waals surface area contributed by atoms with Gasteiger partial charge in [-0.2, -0.15) is 0 Å². The first-order valence-electron chi connectivity index (χ1n) is 9.09. The summed E-state index contributed by atoms with van der Waals surface area (Å²) in [6.07, 6.45) is 2.91. The van der Waals surface area contributed by atoms with E-state index in [0.29, 0.717) is 37.2 Å². The van der Waals surface area contributed by atoms with Crippen LogP contribution in [0.3, 0.4) is 0 Å². The van der Waals surface area contributed by atoms with Crippen molar-refractivity contribution in [2.45, 2.75) is 37.8 Å². The van der Waals surface area contributed by atoms with Crippen molar-refractivity contribution in [3.8, 4) is 0 Å². The zero-order valence-corrected chi connectivity index (χ0v) is 14.9. The molecule has 2 saturated heterocycles. The van der Waals surface area contributed by atoms with Crippen LogP contribution < -0.4 is 5.32 Å². The second-order valence-electron chi connectivity index (χ2n) is 7.22. The maximum absolute atomic E-state index is 13.3. The Labute approximate surface area is 152 Å². The van der Waals surface area contributed by atoms with Crippen LogP contribution in [0.1, 0.15) is 35.2 Å². The molecule has 2 atom stereocenters. The highest BCUT2D eigenvalue weighted by atomic mass is 16.5. The van der Waals surface area contributed by atoms with E-state index in [9.17, 15) is 14.4 Å². The Hall–Kier alpha value is -2.41. The first kappa shape index (κ1) is 17.0. The number of anilines is 1. The van der Waals surface area contributed by atoms with Crippen molar-refractivity contribution < 1.29 is 19.1 Å². The van der Waals surface area contributed by atoms with Gasteiger partial charge >= 0.3 is 0 Å². The van der Waals surface area contributed by atoms with Gasteiger partial charge < -0.3 is 19.9 Å². The van der Waals surface area contributed by atoms with Gasteiger partial charge in [0.15, 0.2) is 0 Å². The van der Waals surface area contributed by atoms with Crippen molar-refractivity contribution >= 4 is 23.4 Å². The van der Waals surface area contributed by atoms with Gasteiger partial charge in [-0.15, -0.1) is 0 Å². The third-order valence-electron chi connectivity index (χ3n) is 5.60. The standard InChI is InChI=1S/C19H23N3O4/c1-26-11-17(24)21-9-13-6-7-14(10-21)22(13)19(25)15-4-2-3-12-5-8-16(23)20-18(12)15/h2-4,13-14H,5-11H2,1H3,(H,20,23)/t13-,14+. The van der Waals surface area contributed by atoms with Crippen molar-refractivity contribution in [2.24, 2.45) is 0 Å². The minimum Gasteiger partial charge on any atom is -0.375 e. The number of hydrogen-bond acceptors (Lipinski definition) is 4. The lowest BCUT2D eigenvalue weighted by Crippen LogP contribution is -2.57. The van der Waals surface area contributed by atoms with Crippen molar-refractivity contribution in [1.82, 2.24) is 9.80 Å². The predicted molar refractivity (Wildman–Crippen MR) is 94.8 cm³/mol. The lowest BCUT2D eigenvalue weighted by atomic mass is 9.97. The Morgan fingerprint density at radius 3 is 2.62 bits per heavy atom. The van der Waals surface area contributed by atoms with Crippen LogP contribution in [0.15, 0.2) is 18.2 Å². The maximum Gasteiger partial charge on any atom is 0.256 e. The van der Waals surface area contributed by atoms with Crippen molar-refractivity contribution in [2.75, 3.05) is 32.1 Å². The van der Waals surface area contributed by atoms with E-state index in [2.05, 4.69) is 5.32 Å². The molecule has 3 heterocycles. The highest BCUT2D eigenvalue weighted by Crippen LogP contribution is 2.34. The molecule has 7 nitrogen and oxygen atoms in total. The number of piperazine rings is 1. The smallest absolute Gasteiger partial charge is 0.256 e. The van der Waals surface area contributed by atoms with E-state index in [4.69, 9.17) is 4.74 Å². The van der Waals surface area contributed by atoms with Crippen LogP contribution in [0.2, 0.25) is 0 Å². The topological polar surface area (TPSA) is 79.0 Å². The first-order valence-corrected chi connectivity index (χ1v) is 9.09. The number of carbonyl (C=O) groups is 3. The summed E-state index contributed by atoms with van der Waals surface area (Å²) in [6.45, 7) is 1.17. The Bertz CT molecular complexity index is 749. The van der Waals surface area contributed by atoms with E-state index in [1.807, 2.05) is 17.0 Å². The molecular formula is C19H23N3O4. The van der Waals surface area contributed by atoms with E-state index >= 15 is 0 Å². The monoisotopic (exact) mass is 357 g/mol. The molecule has 0 unspecified atom stereocenters. The van der Waals surface area contributed by atoms with Crippen molar-refractivity contribution in [1.29, 1.82) is 0 Å². The molecule has 26 heavy (non-hydrogen) atoms. The molecular weight excluding hydrogens is 334 g/mol. The van der Waals surface area contributed by atoms with Gasteiger partial charge in [0.25, 0.3) is 5.91 Å². The number of aryl methyl sites for hydroxylation is 1. The molecule has 2 fully saturated rings. The second kappa shape index (κ2) is 6.72. The fourth-order valence-electron chi connectivity index (χ4n) is 4.38. The summed E-state index contributed by atoms with van der Waals surface area (Å²) < 4.78 is 4.95. The number of methoxy groups -OCH3 is 1. The number of likely N-dealkylation sites (tertiary alicyclic amines) is 1. The van der Waals surface area contributed by atoms with E-state index < -0.39 is 0 Å². The van der Waals surface area contributed by atoms with Crippen LogP contribution in [0.5, 0.6) is 0 Å². The number of fused-ring (bicyclic) bond motifs is 3. The molecule has 1 N–H and O–H groups in total. The summed E-state index contributed by atoms with van der Waals surface area (Å²) in [5, 5.41) is 2.87. The highest BCUT2D eigenvalue weighted by Gasteiger charge is 2.44. The molecule has 4 rings (SSSR count). The number of carbonyl (C=O) groups excluding carboxylic acids is 3. The van der Waals surface area contributed by atoms with Crippen LogP contribution in [0, 0.1) is 0 Å². The Balaban J connectivity index is 1.57. The number of benzene rings is 1. The summed E-state index contributed by atoms with van der Waals surface area (Å²) in [6, 6.07) is 5.68. The summed E-state index contributed by atoms with van der Waals surface area (Å²) >= 11 is 0. The molecule has 138 valence electrons. The van der Waals surface area contributed by atoms with Gasteiger partial charge in [-0.3, -0.25) is 14.4 Å². The van der Waals surface area contributed by atoms with E-state index in [0.717, 1.165) is 18.4 Å². The maximum atomic E-state index is 13.3. The number of amides is 3. The normalized spacial score (nSPS) is 24.3. The Morgan fingerprint density at radius 2 is 1.92 bits per heavy atom. The molecule has 0 aliphatic carbocycles. The van der Waals surface area contributed by atoms with Gasteiger partial charge in [-0.1, -0.05) is 12.1 Å². The molecule has 3 aliphatic rings. The first-order chi connectivity index (χ1) is 12.6. The average Bonchev–Trinajstić information content (AvgIpc) is 2.90. The lowest BCUT2D eigenvalue weighted by molar-refractivity contribution is -0.138.